The molecule has 0 amide bonds. The van der Waals surface area contributed by atoms with E-state index in [9.17, 15) is 14.0 Å². The number of benzene rings is 3. The Bertz CT molecular complexity index is 1120. The summed E-state index contributed by atoms with van der Waals surface area (Å²) >= 11 is 5.95. The molecule has 0 bridgehead atoms. The molecule has 7 heteroatoms. The molecule has 0 aromatic heterocycles. The van der Waals surface area contributed by atoms with E-state index in [0.29, 0.717) is 17.1 Å². The van der Waals surface area contributed by atoms with Crippen molar-refractivity contribution in [1.82, 2.24) is 0 Å². The van der Waals surface area contributed by atoms with E-state index < -0.39 is 11.8 Å². The minimum atomic E-state index is -0.589. The number of ether oxygens (including phenoxy) is 3. The van der Waals surface area contributed by atoms with Crippen molar-refractivity contribution in [3.05, 3.63) is 94.3 Å². The molecule has 0 saturated heterocycles. The molecule has 0 atom stereocenters. The molecule has 0 aliphatic heterocycles. The van der Waals surface area contributed by atoms with E-state index in [1.165, 1.54) is 74.9 Å². The van der Waals surface area contributed by atoms with Gasteiger partial charge in [0.25, 0.3) is 0 Å². The van der Waals surface area contributed by atoms with Gasteiger partial charge in [0, 0.05) is 11.1 Å². The van der Waals surface area contributed by atoms with Gasteiger partial charge in [-0.15, -0.1) is 0 Å². The Labute approximate surface area is 183 Å². The lowest BCUT2D eigenvalue weighted by molar-refractivity contribution is 0.0734. The van der Waals surface area contributed by atoms with Gasteiger partial charge >= 0.3 is 5.97 Å². The first-order valence-corrected chi connectivity index (χ1v) is 9.51. The quantitative estimate of drug-likeness (QED) is 0.207. The number of carbonyl (C=O) groups excluding carboxylic acids is 2. The molecule has 0 unspecified atom stereocenters. The van der Waals surface area contributed by atoms with Crippen LogP contribution in [0.1, 0.15) is 26.3 Å². The molecule has 158 valence electrons. The van der Waals surface area contributed by atoms with E-state index in [0.717, 1.165) is 0 Å². The molecule has 0 radical (unpaired) electrons. The first-order valence-electron chi connectivity index (χ1n) is 9.13. The molecular weight excluding hydrogens is 423 g/mol. The van der Waals surface area contributed by atoms with Crippen LogP contribution in [-0.2, 0) is 0 Å². The minimum absolute atomic E-state index is 0.137. The fourth-order valence-corrected chi connectivity index (χ4v) is 2.97. The zero-order chi connectivity index (χ0) is 22.4. The lowest BCUT2D eigenvalue weighted by atomic mass is 10.1. The van der Waals surface area contributed by atoms with Crippen LogP contribution in [0.4, 0.5) is 4.39 Å². The van der Waals surface area contributed by atoms with Crippen LogP contribution >= 0.6 is 11.6 Å². The fraction of sp³-hybridized carbons (Fsp3) is 0.0833. The maximum atomic E-state index is 13.8. The smallest absolute Gasteiger partial charge is 0.343 e. The Balaban J connectivity index is 1.69. The molecule has 0 saturated carbocycles. The molecule has 0 aliphatic carbocycles. The van der Waals surface area contributed by atoms with Crippen LogP contribution in [0.3, 0.4) is 0 Å². The van der Waals surface area contributed by atoms with E-state index >= 15 is 0 Å². The molecule has 0 N–H and O–H groups in total. The van der Waals surface area contributed by atoms with Crippen molar-refractivity contribution in [2.45, 2.75) is 0 Å². The number of rotatable bonds is 7. The first kappa shape index (κ1) is 22.1. The highest BCUT2D eigenvalue weighted by molar-refractivity contribution is 6.32. The number of halogens is 2. The number of hydrogen-bond donors (Lipinski definition) is 0. The van der Waals surface area contributed by atoms with Crippen molar-refractivity contribution < 1.29 is 28.2 Å². The van der Waals surface area contributed by atoms with Gasteiger partial charge in [0.2, 0.25) is 0 Å². The molecule has 5 nitrogen and oxygen atoms in total. The van der Waals surface area contributed by atoms with Gasteiger partial charge in [-0.3, -0.25) is 4.79 Å². The number of hydrogen-bond acceptors (Lipinski definition) is 5. The highest BCUT2D eigenvalue weighted by atomic mass is 35.5. The minimum Gasteiger partial charge on any atom is -0.493 e. The highest BCUT2D eigenvalue weighted by Gasteiger charge is 2.13. The first-order chi connectivity index (χ1) is 14.9. The topological polar surface area (TPSA) is 61.8 Å². The van der Waals surface area contributed by atoms with Gasteiger partial charge in [-0.25, -0.2) is 9.18 Å². The number of carbonyl (C=O) groups is 2. The van der Waals surface area contributed by atoms with Gasteiger partial charge in [0.05, 0.1) is 24.8 Å². The van der Waals surface area contributed by atoms with E-state index in [-0.39, 0.29) is 27.7 Å². The second-order valence-electron chi connectivity index (χ2n) is 6.32. The summed E-state index contributed by atoms with van der Waals surface area (Å²) in [6.45, 7) is 0. The molecule has 0 aliphatic rings. The summed E-state index contributed by atoms with van der Waals surface area (Å²) in [5, 5.41) is 0.210. The normalized spacial score (nSPS) is 10.7. The Morgan fingerprint density at radius 3 is 2.23 bits per heavy atom. The SMILES string of the molecule is COc1ccc(C(=O)Oc2ccc(C(=O)/C=C/c3c(F)cccc3Cl)cc2)cc1OC. The van der Waals surface area contributed by atoms with Crippen molar-refractivity contribution >= 4 is 29.4 Å². The van der Waals surface area contributed by atoms with Gasteiger partial charge in [0.1, 0.15) is 11.6 Å². The van der Waals surface area contributed by atoms with Crippen molar-refractivity contribution in [3.63, 3.8) is 0 Å². The Morgan fingerprint density at radius 2 is 1.58 bits per heavy atom. The van der Waals surface area contributed by atoms with Crippen LogP contribution < -0.4 is 14.2 Å². The Morgan fingerprint density at radius 1 is 0.903 bits per heavy atom. The van der Waals surface area contributed by atoms with Crippen molar-refractivity contribution in [3.8, 4) is 17.2 Å². The zero-order valence-corrected chi connectivity index (χ0v) is 17.5. The summed E-state index contributed by atoms with van der Waals surface area (Å²) in [6.07, 6.45) is 2.56. The van der Waals surface area contributed by atoms with Gasteiger partial charge in [-0.1, -0.05) is 17.7 Å². The third kappa shape index (κ3) is 5.29. The zero-order valence-electron chi connectivity index (χ0n) is 16.7. The molecule has 0 spiro atoms. The third-order valence-corrected chi connectivity index (χ3v) is 4.70. The maximum Gasteiger partial charge on any atom is 0.343 e. The molecule has 31 heavy (non-hydrogen) atoms. The van der Waals surface area contributed by atoms with Gasteiger partial charge < -0.3 is 14.2 Å². The number of methoxy groups -OCH3 is 2. The summed E-state index contributed by atoms with van der Waals surface area (Å²) in [4.78, 5) is 24.7. The molecule has 3 aromatic carbocycles. The standard InChI is InChI=1S/C24H18ClFO5/c1-29-22-13-8-16(14-23(22)30-2)24(28)31-17-9-6-15(7-10-17)21(27)12-11-18-19(25)4-3-5-20(18)26/h3-14H,1-2H3/b12-11+. The third-order valence-electron chi connectivity index (χ3n) is 4.37. The van der Waals surface area contributed by atoms with E-state index in [2.05, 4.69) is 0 Å². The van der Waals surface area contributed by atoms with Crippen molar-refractivity contribution in [2.24, 2.45) is 0 Å². The lowest BCUT2D eigenvalue weighted by Gasteiger charge is -2.09. The van der Waals surface area contributed by atoms with Crippen molar-refractivity contribution in [1.29, 1.82) is 0 Å². The molecule has 0 fully saturated rings. The largest absolute Gasteiger partial charge is 0.493 e. The second kappa shape index (κ2) is 9.91. The van der Waals surface area contributed by atoms with Crippen LogP contribution in [0.2, 0.25) is 5.02 Å². The summed E-state index contributed by atoms with van der Waals surface area (Å²) in [7, 11) is 2.97. The van der Waals surface area contributed by atoms with Gasteiger partial charge in [-0.2, -0.15) is 0 Å². The average Bonchev–Trinajstić information content (AvgIpc) is 2.78. The second-order valence-corrected chi connectivity index (χ2v) is 6.72. The van der Waals surface area contributed by atoms with Crippen LogP contribution in [0.5, 0.6) is 17.2 Å². The number of ketones is 1. The van der Waals surface area contributed by atoms with Crippen LogP contribution in [-0.4, -0.2) is 26.0 Å². The summed E-state index contributed by atoms with van der Waals surface area (Å²) in [6, 6.07) is 15.0. The van der Waals surface area contributed by atoms with Crippen LogP contribution in [0.15, 0.2) is 66.7 Å². The van der Waals surface area contributed by atoms with Crippen molar-refractivity contribution in [2.75, 3.05) is 14.2 Å². The average molecular weight is 441 g/mol. The monoisotopic (exact) mass is 440 g/mol. The van der Waals surface area contributed by atoms with E-state index in [1.54, 1.807) is 12.1 Å². The van der Waals surface area contributed by atoms with E-state index in [1.807, 2.05) is 0 Å². The molecular formula is C24H18ClFO5. The maximum absolute atomic E-state index is 13.8. The summed E-state index contributed by atoms with van der Waals surface area (Å²) < 4.78 is 29.5. The number of esters is 1. The number of allylic oxidation sites excluding steroid dienone is 1. The predicted octanol–water partition coefficient (Wildman–Crippen LogP) is 5.61. The molecule has 0 heterocycles. The Kier molecular flexibility index (Phi) is 7.05. The van der Waals surface area contributed by atoms with Crippen LogP contribution in [0.25, 0.3) is 6.08 Å². The van der Waals surface area contributed by atoms with Gasteiger partial charge in [-0.05, 0) is 66.7 Å². The predicted molar refractivity (Wildman–Crippen MR) is 116 cm³/mol. The molecule has 3 rings (SSSR count). The lowest BCUT2D eigenvalue weighted by Crippen LogP contribution is -2.09. The molecule has 3 aromatic rings. The fourth-order valence-electron chi connectivity index (χ4n) is 2.74. The van der Waals surface area contributed by atoms with E-state index in [4.69, 9.17) is 25.8 Å². The van der Waals surface area contributed by atoms with Crippen LogP contribution in [0, 0.1) is 5.82 Å². The summed E-state index contributed by atoms with van der Waals surface area (Å²) in [5.74, 6) is -0.302. The Hall–Kier alpha value is -3.64. The summed E-state index contributed by atoms with van der Waals surface area (Å²) in [5.41, 5.74) is 0.759. The highest BCUT2D eigenvalue weighted by Crippen LogP contribution is 2.28. The van der Waals surface area contributed by atoms with Gasteiger partial charge in [0.15, 0.2) is 17.3 Å².